The summed E-state index contributed by atoms with van der Waals surface area (Å²) >= 11 is 0. The van der Waals surface area contributed by atoms with Crippen LogP contribution in [0.4, 0.5) is 16.4 Å². The number of urea groups is 1. The molecule has 0 radical (unpaired) electrons. The van der Waals surface area contributed by atoms with Gasteiger partial charge in [0.15, 0.2) is 5.82 Å². The molecule has 0 fully saturated rings. The third kappa shape index (κ3) is 4.24. The summed E-state index contributed by atoms with van der Waals surface area (Å²) in [6.07, 6.45) is 3.87. The molecule has 170 valence electrons. The predicted octanol–water partition coefficient (Wildman–Crippen LogP) is 2.50. The number of aromatic nitrogens is 5. The second-order valence-electron chi connectivity index (χ2n) is 8.34. The summed E-state index contributed by atoms with van der Waals surface area (Å²) in [6.45, 7) is 3.21. The molecule has 0 unspecified atom stereocenters. The Morgan fingerprint density at radius 2 is 2.09 bits per heavy atom. The maximum Gasteiger partial charge on any atom is 0.320 e. The Labute approximate surface area is 190 Å². The van der Waals surface area contributed by atoms with Gasteiger partial charge in [-0.05, 0) is 12.5 Å². The molecule has 5 rings (SSSR count). The van der Waals surface area contributed by atoms with Crippen LogP contribution in [0, 0.1) is 0 Å². The number of carbonyl (C=O) groups excluding carboxylic acids is 1. The fourth-order valence-corrected chi connectivity index (χ4v) is 4.28. The average molecular weight is 447 g/mol. The first-order valence-corrected chi connectivity index (χ1v) is 10.9. The maximum absolute atomic E-state index is 12.6. The number of anilines is 2. The summed E-state index contributed by atoms with van der Waals surface area (Å²) in [5.41, 5.74) is 3.94. The number of fused-ring (bicyclic) bond motifs is 2. The topological polar surface area (TPSA) is 124 Å². The molecule has 4 heterocycles. The van der Waals surface area contributed by atoms with E-state index in [0.29, 0.717) is 5.82 Å². The van der Waals surface area contributed by atoms with E-state index in [0.717, 1.165) is 47.5 Å². The van der Waals surface area contributed by atoms with Crippen molar-refractivity contribution in [3.05, 3.63) is 65.6 Å². The highest BCUT2D eigenvalue weighted by atomic mass is 16.3. The van der Waals surface area contributed by atoms with Gasteiger partial charge >= 0.3 is 6.03 Å². The van der Waals surface area contributed by atoms with Gasteiger partial charge in [-0.2, -0.15) is 10.2 Å². The lowest BCUT2D eigenvalue weighted by molar-refractivity contribution is 0.148. The average Bonchev–Trinajstić information content (AvgIpc) is 3.39. The van der Waals surface area contributed by atoms with Crippen molar-refractivity contribution in [3.8, 4) is 0 Å². The maximum atomic E-state index is 12.6. The van der Waals surface area contributed by atoms with Crippen molar-refractivity contribution in [1.82, 2.24) is 30.3 Å². The van der Waals surface area contributed by atoms with Crippen molar-refractivity contribution < 1.29 is 9.90 Å². The minimum Gasteiger partial charge on any atom is -0.391 e. The lowest BCUT2D eigenvalue weighted by atomic mass is 10.0. The number of nitrogens with zero attached hydrogens (tertiary/aromatic N) is 5. The number of H-pyrrole nitrogens is 1. The minimum atomic E-state index is -0.756. The van der Waals surface area contributed by atoms with Crippen LogP contribution in [-0.4, -0.2) is 48.7 Å². The number of aryl methyl sites for hydroxylation is 1. The molecular weight excluding hydrogens is 420 g/mol. The molecule has 4 N–H and O–H groups in total. The van der Waals surface area contributed by atoms with Crippen molar-refractivity contribution in [2.45, 2.75) is 32.0 Å². The molecule has 1 aliphatic heterocycles. The van der Waals surface area contributed by atoms with Crippen LogP contribution < -0.4 is 15.5 Å². The van der Waals surface area contributed by atoms with Crippen LogP contribution >= 0.6 is 0 Å². The van der Waals surface area contributed by atoms with Gasteiger partial charge in [0, 0.05) is 50.6 Å². The van der Waals surface area contributed by atoms with E-state index in [9.17, 15) is 9.90 Å². The van der Waals surface area contributed by atoms with E-state index in [1.165, 1.54) is 5.56 Å². The predicted molar refractivity (Wildman–Crippen MR) is 125 cm³/mol. The smallest absolute Gasteiger partial charge is 0.320 e. The van der Waals surface area contributed by atoms with Crippen LogP contribution in [0.1, 0.15) is 29.8 Å². The third-order valence-electron chi connectivity index (χ3n) is 5.87. The second kappa shape index (κ2) is 8.55. The Morgan fingerprint density at radius 3 is 2.88 bits per heavy atom. The highest BCUT2D eigenvalue weighted by Crippen LogP contribution is 2.29. The van der Waals surface area contributed by atoms with Crippen LogP contribution in [0.5, 0.6) is 0 Å². The molecule has 33 heavy (non-hydrogen) atoms. The fourth-order valence-electron chi connectivity index (χ4n) is 4.28. The molecule has 3 aromatic heterocycles. The first-order valence-electron chi connectivity index (χ1n) is 10.9. The van der Waals surface area contributed by atoms with Crippen molar-refractivity contribution in [2.24, 2.45) is 7.05 Å². The number of carbonyl (C=O) groups is 1. The molecule has 2 amide bonds. The van der Waals surface area contributed by atoms with Crippen LogP contribution in [0.3, 0.4) is 0 Å². The van der Waals surface area contributed by atoms with E-state index in [1.807, 2.05) is 48.3 Å². The standard InChI is InChI=1S/C23H26N8O2/c1-14(32)21(15-6-4-3-5-7-15)26-23(33)25-20-10-19-17(11-24-20)22(28-27-19)31-9-8-18-16(13-31)12-30(2)29-18/h3-7,10-12,14,21,32H,8-9,13H2,1-2H3,(H,27,28)(H2,24,25,26,33)/t14-,21-/m1/s1. The zero-order chi connectivity index (χ0) is 22.9. The van der Waals surface area contributed by atoms with Crippen LogP contribution in [0.15, 0.2) is 48.8 Å². The number of aliphatic hydroxyl groups excluding tert-OH is 1. The second-order valence-corrected chi connectivity index (χ2v) is 8.34. The van der Waals surface area contributed by atoms with E-state index >= 15 is 0 Å². The molecule has 10 nitrogen and oxygen atoms in total. The van der Waals surface area contributed by atoms with E-state index < -0.39 is 18.2 Å². The quantitative estimate of drug-likeness (QED) is 0.373. The highest BCUT2D eigenvalue weighted by molar-refractivity contribution is 5.94. The molecule has 10 heteroatoms. The normalized spacial score (nSPS) is 15.2. The van der Waals surface area contributed by atoms with Crippen LogP contribution in [0.2, 0.25) is 0 Å². The molecule has 0 bridgehead atoms. The molecule has 1 aromatic carbocycles. The molecule has 4 aromatic rings. The Balaban J connectivity index is 1.30. The highest BCUT2D eigenvalue weighted by Gasteiger charge is 2.23. The number of aliphatic hydroxyl groups is 1. The zero-order valence-corrected chi connectivity index (χ0v) is 18.5. The lowest BCUT2D eigenvalue weighted by Crippen LogP contribution is -2.37. The molecular formula is C23H26N8O2. The summed E-state index contributed by atoms with van der Waals surface area (Å²) in [7, 11) is 1.93. The first-order chi connectivity index (χ1) is 16.0. The number of hydrogen-bond acceptors (Lipinski definition) is 6. The van der Waals surface area contributed by atoms with Gasteiger partial charge in [-0.3, -0.25) is 15.1 Å². The van der Waals surface area contributed by atoms with E-state index in [1.54, 1.807) is 19.2 Å². The van der Waals surface area contributed by atoms with Crippen molar-refractivity contribution >= 4 is 28.6 Å². The summed E-state index contributed by atoms with van der Waals surface area (Å²) < 4.78 is 1.85. The van der Waals surface area contributed by atoms with Crippen molar-refractivity contribution in [1.29, 1.82) is 0 Å². The number of hydrogen-bond donors (Lipinski definition) is 4. The summed E-state index contributed by atoms with van der Waals surface area (Å²) in [5, 5.41) is 28.6. The van der Waals surface area contributed by atoms with Crippen molar-refractivity contribution in [3.63, 3.8) is 0 Å². The number of nitrogens with one attached hydrogen (secondary N) is 3. The van der Waals surface area contributed by atoms with Crippen LogP contribution in [-0.2, 0) is 20.0 Å². The molecule has 0 aliphatic carbocycles. The van der Waals surface area contributed by atoms with Gasteiger partial charge in [-0.15, -0.1) is 0 Å². The number of amides is 2. The Kier molecular flexibility index (Phi) is 5.43. The van der Waals surface area contributed by atoms with Crippen molar-refractivity contribution in [2.75, 3.05) is 16.8 Å². The van der Waals surface area contributed by atoms with Gasteiger partial charge in [-0.25, -0.2) is 9.78 Å². The number of benzene rings is 1. The number of aromatic amines is 1. The Hall–Kier alpha value is -3.92. The summed E-state index contributed by atoms with van der Waals surface area (Å²) in [5.74, 6) is 1.22. The van der Waals surface area contributed by atoms with Gasteiger partial charge < -0.3 is 15.3 Å². The zero-order valence-electron chi connectivity index (χ0n) is 18.5. The SMILES string of the molecule is C[C@@H](O)[C@@H](NC(=O)Nc1cc2[nH]nc(N3CCc4nn(C)cc4C3)c2cn1)c1ccccc1. The van der Waals surface area contributed by atoms with E-state index in [2.05, 4.69) is 35.8 Å². The monoisotopic (exact) mass is 446 g/mol. The number of rotatable bonds is 5. The summed E-state index contributed by atoms with van der Waals surface area (Å²) in [4.78, 5) is 19.2. The van der Waals surface area contributed by atoms with Gasteiger partial charge in [-0.1, -0.05) is 30.3 Å². The molecule has 0 saturated carbocycles. The molecule has 1 aliphatic rings. The van der Waals surface area contributed by atoms with E-state index in [-0.39, 0.29) is 0 Å². The number of pyridine rings is 1. The van der Waals surface area contributed by atoms with Gasteiger partial charge in [0.25, 0.3) is 0 Å². The Morgan fingerprint density at radius 1 is 1.27 bits per heavy atom. The third-order valence-corrected chi connectivity index (χ3v) is 5.87. The largest absolute Gasteiger partial charge is 0.391 e. The van der Waals surface area contributed by atoms with Gasteiger partial charge in [0.2, 0.25) is 0 Å². The lowest BCUT2D eigenvalue weighted by Gasteiger charge is -2.26. The summed E-state index contributed by atoms with van der Waals surface area (Å²) in [6, 6.07) is 10.1. The minimum absolute atomic E-state index is 0.390. The molecule has 0 saturated heterocycles. The fraction of sp³-hybridized carbons (Fsp3) is 0.304. The van der Waals surface area contributed by atoms with E-state index in [4.69, 9.17) is 0 Å². The van der Waals surface area contributed by atoms with Crippen LogP contribution in [0.25, 0.3) is 10.9 Å². The van der Waals surface area contributed by atoms with Gasteiger partial charge in [0.1, 0.15) is 5.82 Å². The first kappa shape index (κ1) is 21.0. The molecule has 2 atom stereocenters. The Bertz CT molecular complexity index is 1280. The van der Waals surface area contributed by atoms with Gasteiger partial charge in [0.05, 0.1) is 28.7 Å². The molecule has 0 spiro atoms.